The van der Waals surface area contributed by atoms with Crippen molar-refractivity contribution in [3.63, 3.8) is 0 Å². The van der Waals surface area contributed by atoms with Gasteiger partial charge in [0.2, 0.25) is 0 Å². The van der Waals surface area contributed by atoms with Crippen LogP contribution < -0.4 is 5.32 Å². The highest BCUT2D eigenvalue weighted by Crippen LogP contribution is 2.11. The van der Waals surface area contributed by atoms with Crippen LogP contribution >= 0.6 is 0 Å². The van der Waals surface area contributed by atoms with Gasteiger partial charge in [0.15, 0.2) is 0 Å². The van der Waals surface area contributed by atoms with Crippen LogP contribution in [0.3, 0.4) is 0 Å². The number of carbonyl (C=O) groups is 1. The predicted molar refractivity (Wildman–Crippen MR) is 43.7 cm³/mol. The summed E-state index contributed by atoms with van der Waals surface area (Å²) in [6, 6.07) is 0.251. The summed E-state index contributed by atoms with van der Waals surface area (Å²) in [6.07, 6.45) is 2.54. The van der Waals surface area contributed by atoms with Gasteiger partial charge in [-0.3, -0.25) is 0 Å². The van der Waals surface area contributed by atoms with Crippen molar-refractivity contribution in [1.29, 1.82) is 0 Å². The lowest BCUT2D eigenvalue weighted by molar-refractivity contribution is -0.131. The van der Waals surface area contributed by atoms with Crippen LogP contribution in [0.2, 0.25) is 0 Å². The van der Waals surface area contributed by atoms with E-state index >= 15 is 0 Å². The number of carboxylic acid groups (broad SMARTS) is 1. The Morgan fingerprint density at radius 3 is 2.92 bits per heavy atom. The van der Waals surface area contributed by atoms with E-state index < -0.39 is 5.97 Å². The van der Waals surface area contributed by atoms with E-state index in [-0.39, 0.29) is 6.04 Å². The van der Waals surface area contributed by atoms with Gasteiger partial charge in [-0.2, -0.15) is 0 Å². The van der Waals surface area contributed by atoms with Crippen molar-refractivity contribution < 1.29 is 14.6 Å². The lowest BCUT2D eigenvalue weighted by Gasteiger charge is -2.12. The third-order valence-corrected chi connectivity index (χ3v) is 1.90. The first kappa shape index (κ1) is 9.06. The molecule has 2 atom stereocenters. The normalized spacial score (nSPS) is 29.4. The summed E-state index contributed by atoms with van der Waals surface area (Å²) in [5, 5.41) is 11.3. The number of hydrogen-bond acceptors (Lipinski definition) is 3. The quantitative estimate of drug-likeness (QED) is 0.596. The van der Waals surface area contributed by atoms with Gasteiger partial charge >= 0.3 is 5.97 Å². The van der Waals surface area contributed by atoms with Crippen LogP contribution in [0.25, 0.3) is 0 Å². The summed E-state index contributed by atoms with van der Waals surface area (Å²) in [5.41, 5.74) is 0. The van der Waals surface area contributed by atoms with Crippen molar-refractivity contribution in [3.8, 4) is 0 Å². The maximum Gasteiger partial charge on any atom is 0.329 e. The van der Waals surface area contributed by atoms with Crippen LogP contribution in [-0.2, 0) is 9.53 Å². The molecule has 0 aromatic rings. The largest absolute Gasteiger partial charge is 0.478 e. The molecule has 0 radical (unpaired) electrons. The number of carboxylic acids is 1. The highest BCUT2D eigenvalue weighted by Gasteiger charge is 2.22. The van der Waals surface area contributed by atoms with E-state index in [1.54, 1.807) is 0 Å². The van der Waals surface area contributed by atoms with Crippen molar-refractivity contribution in [1.82, 2.24) is 5.32 Å². The molecule has 1 rings (SSSR count). The summed E-state index contributed by atoms with van der Waals surface area (Å²) >= 11 is 0. The Labute approximate surface area is 71.2 Å². The minimum Gasteiger partial charge on any atom is -0.478 e. The first-order valence-corrected chi connectivity index (χ1v) is 3.93. The second kappa shape index (κ2) is 4.11. The molecule has 68 valence electrons. The SMILES string of the molecule is CC1COCC1N/C=C/C(=O)O. The fourth-order valence-corrected chi connectivity index (χ4v) is 1.12. The zero-order valence-electron chi connectivity index (χ0n) is 6.99. The molecule has 1 aliphatic heterocycles. The van der Waals surface area contributed by atoms with Gasteiger partial charge in [-0.1, -0.05) is 6.92 Å². The number of nitrogens with one attached hydrogen (secondary N) is 1. The maximum absolute atomic E-state index is 10.1. The molecular weight excluding hydrogens is 158 g/mol. The van der Waals surface area contributed by atoms with Gasteiger partial charge in [0.05, 0.1) is 19.3 Å². The van der Waals surface area contributed by atoms with Gasteiger partial charge in [0.25, 0.3) is 0 Å². The molecule has 2 N–H and O–H groups in total. The average Bonchev–Trinajstić information content (AvgIpc) is 2.36. The van der Waals surface area contributed by atoms with Crippen LogP contribution in [0.5, 0.6) is 0 Å². The second-order valence-electron chi connectivity index (χ2n) is 2.96. The fraction of sp³-hybridized carbons (Fsp3) is 0.625. The summed E-state index contributed by atoms with van der Waals surface area (Å²) in [7, 11) is 0. The molecule has 0 spiro atoms. The van der Waals surface area contributed by atoms with Crippen LogP contribution in [0.1, 0.15) is 6.92 Å². The van der Waals surface area contributed by atoms with E-state index in [1.807, 2.05) is 0 Å². The predicted octanol–water partition coefficient (Wildman–Crippen LogP) is 0.209. The molecule has 1 aliphatic rings. The molecule has 0 bridgehead atoms. The zero-order chi connectivity index (χ0) is 8.97. The minimum atomic E-state index is -0.936. The molecule has 0 saturated carbocycles. The van der Waals surface area contributed by atoms with Crippen molar-refractivity contribution in [2.24, 2.45) is 5.92 Å². The van der Waals surface area contributed by atoms with E-state index in [4.69, 9.17) is 9.84 Å². The van der Waals surface area contributed by atoms with Gasteiger partial charge < -0.3 is 15.2 Å². The smallest absolute Gasteiger partial charge is 0.329 e. The summed E-state index contributed by atoms with van der Waals surface area (Å²) in [4.78, 5) is 10.1. The molecule has 1 saturated heterocycles. The van der Waals surface area contributed by atoms with Gasteiger partial charge in [-0.25, -0.2) is 4.79 Å². The van der Waals surface area contributed by atoms with E-state index in [0.29, 0.717) is 12.5 Å². The van der Waals surface area contributed by atoms with Gasteiger partial charge in [-0.05, 0) is 0 Å². The molecule has 4 heteroatoms. The molecule has 0 aromatic heterocycles. The van der Waals surface area contributed by atoms with Crippen LogP contribution in [0.4, 0.5) is 0 Å². The van der Waals surface area contributed by atoms with Crippen molar-refractivity contribution >= 4 is 5.97 Å². The van der Waals surface area contributed by atoms with E-state index in [9.17, 15) is 4.79 Å². The van der Waals surface area contributed by atoms with Crippen LogP contribution in [-0.4, -0.2) is 30.3 Å². The molecule has 2 unspecified atom stereocenters. The molecule has 4 nitrogen and oxygen atoms in total. The molecular formula is C8H13NO3. The fourth-order valence-electron chi connectivity index (χ4n) is 1.12. The van der Waals surface area contributed by atoms with E-state index in [0.717, 1.165) is 12.7 Å². The molecule has 1 heterocycles. The third kappa shape index (κ3) is 2.54. The number of ether oxygens (including phenoxy) is 1. The Morgan fingerprint density at radius 2 is 2.42 bits per heavy atom. The van der Waals surface area contributed by atoms with E-state index in [2.05, 4.69) is 12.2 Å². The van der Waals surface area contributed by atoms with Gasteiger partial charge in [0, 0.05) is 18.2 Å². The van der Waals surface area contributed by atoms with Crippen molar-refractivity contribution in [2.75, 3.05) is 13.2 Å². The highest BCUT2D eigenvalue weighted by molar-refractivity contribution is 5.79. The second-order valence-corrected chi connectivity index (χ2v) is 2.96. The molecule has 0 amide bonds. The Balaban J connectivity index is 2.26. The number of rotatable bonds is 3. The Hall–Kier alpha value is -1.03. The number of aliphatic carboxylic acids is 1. The Kier molecular flexibility index (Phi) is 3.10. The zero-order valence-corrected chi connectivity index (χ0v) is 6.99. The first-order valence-electron chi connectivity index (χ1n) is 3.93. The summed E-state index contributed by atoms with van der Waals surface area (Å²) < 4.78 is 5.18. The molecule has 0 aliphatic carbocycles. The van der Waals surface area contributed by atoms with Gasteiger partial charge in [-0.15, -0.1) is 0 Å². The highest BCUT2D eigenvalue weighted by atomic mass is 16.5. The topological polar surface area (TPSA) is 58.6 Å². The maximum atomic E-state index is 10.1. The summed E-state index contributed by atoms with van der Waals surface area (Å²) in [6.45, 7) is 3.48. The standard InChI is InChI=1S/C8H13NO3/c1-6-4-12-5-7(6)9-3-2-8(10)11/h2-3,6-7,9H,4-5H2,1H3,(H,10,11)/b3-2+. The third-order valence-electron chi connectivity index (χ3n) is 1.90. The molecule has 1 fully saturated rings. The first-order chi connectivity index (χ1) is 5.70. The number of hydrogen-bond donors (Lipinski definition) is 2. The lowest BCUT2D eigenvalue weighted by Crippen LogP contribution is -2.30. The summed E-state index contributed by atoms with van der Waals surface area (Å²) in [5.74, 6) is -0.488. The van der Waals surface area contributed by atoms with Crippen molar-refractivity contribution in [3.05, 3.63) is 12.3 Å². The Morgan fingerprint density at radius 1 is 1.67 bits per heavy atom. The molecule has 12 heavy (non-hydrogen) atoms. The average molecular weight is 171 g/mol. The lowest BCUT2D eigenvalue weighted by atomic mass is 10.1. The van der Waals surface area contributed by atoms with Crippen LogP contribution in [0, 0.1) is 5.92 Å². The van der Waals surface area contributed by atoms with Crippen molar-refractivity contribution in [2.45, 2.75) is 13.0 Å². The van der Waals surface area contributed by atoms with Crippen LogP contribution in [0.15, 0.2) is 12.3 Å². The van der Waals surface area contributed by atoms with Gasteiger partial charge in [0.1, 0.15) is 0 Å². The monoisotopic (exact) mass is 171 g/mol. The minimum absolute atomic E-state index is 0.251. The Bertz CT molecular complexity index is 191. The molecule has 0 aromatic carbocycles. The van der Waals surface area contributed by atoms with E-state index in [1.165, 1.54) is 6.20 Å².